The van der Waals surface area contributed by atoms with Gasteiger partial charge >= 0.3 is 0 Å². The number of hydrogen-bond donors (Lipinski definition) is 2. The second kappa shape index (κ2) is 6.97. The normalized spacial score (nSPS) is 21.2. The molecule has 1 aliphatic rings. The average Bonchev–Trinajstić information content (AvgIpc) is 2.40. The standard InChI is InChI=1S/C13H26N2O2/c1-3-13(4-2,10-14)12(16)15-8-11-6-5-7-17-9-11/h11H,3-10,14H2,1-2H3,(H,15,16). The molecule has 0 radical (unpaired) electrons. The number of hydrogen-bond acceptors (Lipinski definition) is 3. The van der Waals surface area contributed by atoms with Gasteiger partial charge in [0.1, 0.15) is 0 Å². The Bertz CT molecular complexity index is 225. The van der Waals surface area contributed by atoms with Crippen LogP contribution in [0.25, 0.3) is 0 Å². The molecule has 1 amide bonds. The van der Waals surface area contributed by atoms with Crippen molar-refractivity contribution >= 4 is 5.91 Å². The van der Waals surface area contributed by atoms with Gasteiger partial charge in [-0.15, -0.1) is 0 Å². The minimum absolute atomic E-state index is 0.107. The highest BCUT2D eigenvalue weighted by molar-refractivity contribution is 5.82. The van der Waals surface area contributed by atoms with Crippen molar-refractivity contribution in [1.82, 2.24) is 5.32 Å². The Morgan fingerprint density at radius 2 is 2.18 bits per heavy atom. The van der Waals surface area contributed by atoms with Gasteiger partial charge in [0.15, 0.2) is 0 Å². The first kappa shape index (κ1) is 14.5. The Balaban J connectivity index is 2.41. The Kier molecular flexibility index (Phi) is 5.92. The fourth-order valence-electron chi connectivity index (χ4n) is 2.35. The van der Waals surface area contributed by atoms with Crippen LogP contribution in [0.3, 0.4) is 0 Å². The van der Waals surface area contributed by atoms with Gasteiger partial charge < -0.3 is 15.8 Å². The third-order valence-corrected chi connectivity index (χ3v) is 4.03. The molecule has 0 aromatic carbocycles. The van der Waals surface area contributed by atoms with Gasteiger partial charge in [0.2, 0.25) is 5.91 Å². The molecule has 1 fully saturated rings. The van der Waals surface area contributed by atoms with Crippen LogP contribution in [0, 0.1) is 11.3 Å². The zero-order chi connectivity index (χ0) is 12.7. The fourth-order valence-corrected chi connectivity index (χ4v) is 2.35. The number of nitrogens with two attached hydrogens (primary N) is 1. The zero-order valence-electron chi connectivity index (χ0n) is 11.1. The SMILES string of the molecule is CCC(CC)(CN)C(=O)NCC1CCCOC1. The van der Waals surface area contributed by atoms with Gasteiger partial charge in [-0.25, -0.2) is 0 Å². The highest BCUT2D eigenvalue weighted by Crippen LogP contribution is 2.25. The van der Waals surface area contributed by atoms with Crippen LogP contribution in [0.15, 0.2) is 0 Å². The van der Waals surface area contributed by atoms with Crippen LogP contribution in [0.1, 0.15) is 39.5 Å². The van der Waals surface area contributed by atoms with Gasteiger partial charge in [-0.05, 0) is 31.6 Å². The van der Waals surface area contributed by atoms with Crippen LogP contribution in [0.4, 0.5) is 0 Å². The maximum absolute atomic E-state index is 12.2. The monoisotopic (exact) mass is 242 g/mol. The summed E-state index contributed by atoms with van der Waals surface area (Å²) in [5.74, 6) is 0.576. The topological polar surface area (TPSA) is 64.4 Å². The van der Waals surface area contributed by atoms with E-state index in [4.69, 9.17) is 10.5 Å². The van der Waals surface area contributed by atoms with E-state index in [1.54, 1.807) is 0 Å². The minimum Gasteiger partial charge on any atom is -0.381 e. The van der Waals surface area contributed by atoms with Crippen molar-refractivity contribution < 1.29 is 9.53 Å². The number of carbonyl (C=O) groups excluding carboxylic acids is 1. The zero-order valence-corrected chi connectivity index (χ0v) is 11.1. The van der Waals surface area contributed by atoms with Gasteiger partial charge in [0.05, 0.1) is 12.0 Å². The molecule has 1 aliphatic heterocycles. The molecule has 3 N–H and O–H groups in total. The Morgan fingerprint density at radius 1 is 1.47 bits per heavy atom. The Labute approximate surface area is 104 Å². The first-order valence-electron chi connectivity index (χ1n) is 6.74. The van der Waals surface area contributed by atoms with Crippen LogP contribution in [-0.4, -0.2) is 32.2 Å². The van der Waals surface area contributed by atoms with Gasteiger partial charge in [-0.2, -0.15) is 0 Å². The van der Waals surface area contributed by atoms with E-state index in [9.17, 15) is 4.79 Å². The van der Waals surface area contributed by atoms with Crippen molar-refractivity contribution in [3.8, 4) is 0 Å². The van der Waals surface area contributed by atoms with Crippen LogP contribution < -0.4 is 11.1 Å². The molecule has 4 heteroatoms. The quantitative estimate of drug-likeness (QED) is 0.738. The van der Waals surface area contributed by atoms with Crippen LogP contribution in [-0.2, 0) is 9.53 Å². The summed E-state index contributed by atoms with van der Waals surface area (Å²) in [6, 6.07) is 0. The molecule has 1 heterocycles. The van der Waals surface area contributed by atoms with E-state index in [-0.39, 0.29) is 11.3 Å². The lowest BCUT2D eigenvalue weighted by molar-refractivity contribution is -0.131. The molecule has 0 aromatic rings. The highest BCUT2D eigenvalue weighted by atomic mass is 16.5. The second-order valence-electron chi connectivity index (χ2n) is 4.98. The van der Waals surface area contributed by atoms with Gasteiger partial charge in [-0.1, -0.05) is 13.8 Å². The summed E-state index contributed by atoms with van der Waals surface area (Å²) in [5.41, 5.74) is 5.37. The average molecular weight is 242 g/mol. The smallest absolute Gasteiger partial charge is 0.227 e. The number of nitrogens with one attached hydrogen (secondary N) is 1. The third-order valence-electron chi connectivity index (χ3n) is 4.03. The summed E-state index contributed by atoms with van der Waals surface area (Å²) in [5, 5.41) is 3.05. The van der Waals surface area contributed by atoms with Crippen molar-refractivity contribution in [2.45, 2.75) is 39.5 Å². The third kappa shape index (κ3) is 3.68. The van der Waals surface area contributed by atoms with E-state index in [0.717, 1.165) is 45.4 Å². The van der Waals surface area contributed by atoms with Crippen molar-refractivity contribution in [2.24, 2.45) is 17.1 Å². The van der Waals surface area contributed by atoms with Crippen molar-refractivity contribution in [1.29, 1.82) is 0 Å². The summed E-state index contributed by atoms with van der Waals surface area (Å²) >= 11 is 0. The molecule has 0 aliphatic carbocycles. The molecule has 1 saturated heterocycles. The lowest BCUT2D eigenvalue weighted by atomic mass is 9.81. The van der Waals surface area contributed by atoms with Gasteiger partial charge in [0, 0.05) is 19.7 Å². The molecule has 1 rings (SSSR count). The summed E-state index contributed by atoms with van der Waals surface area (Å²) in [6.07, 6.45) is 3.85. The number of ether oxygens (including phenoxy) is 1. The number of amides is 1. The van der Waals surface area contributed by atoms with Gasteiger partial charge in [0.25, 0.3) is 0 Å². The Hall–Kier alpha value is -0.610. The number of rotatable bonds is 6. The second-order valence-corrected chi connectivity index (χ2v) is 4.98. The van der Waals surface area contributed by atoms with Crippen LogP contribution >= 0.6 is 0 Å². The molecule has 1 unspecified atom stereocenters. The first-order valence-corrected chi connectivity index (χ1v) is 6.74. The maximum Gasteiger partial charge on any atom is 0.227 e. The molecule has 1 atom stereocenters. The van der Waals surface area contributed by atoms with Crippen LogP contribution in [0.2, 0.25) is 0 Å². The summed E-state index contributed by atoms with van der Waals surface area (Å²) in [6.45, 7) is 6.84. The predicted octanol–water partition coefficient (Wildman–Crippen LogP) is 1.29. The molecule has 0 aromatic heterocycles. The maximum atomic E-state index is 12.2. The van der Waals surface area contributed by atoms with E-state index in [1.807, 2.05) is 13.8 Å². The predicted molar refractivity (Wildman–Crippen MR) is 68.6 cm³/mol. The molecular formula is C13H26N2O2. The molecule has 0 saturated carbocycles. The van der Waals surface area contributed by atoms with Crippen LogP contribution in [0.5, 0.6) is 0 Å². The first-order chi connectivity index (χ1) is 8.18. The van der Waals surface area contributed by atoms with Crippen molar-refractivity contribution in [3.63, 3.8) is 0 Å². The van der Waals surface area contributed by atoms with E-state index in [0.29, 0.717) is 12.5 Å². The summed E-state index contributed by atoms with van der Waals surface area (Å²) in [7, 11) is 0. The van der Waals surface area contributed by atoms with E-state index in [2.05, 4.69) is 5.32 Å². The largest absolute Gasteiger partial charge is 0.381 e. The fraction of sp³-hybridized carbons (Fsp3) is 0.923. The summed E-state index contributed by atoms with van der Waals surface area (Å²) in [4.78, 5) is 12.2. The lowest BCUT2D eigenvalue weighted by Crippen LogP contribution is -2.47. The van der Waals surface area contributed by atoms with E-state index >= 15 is 0 Å². The molecular weight excluding hydrogens is 216 g/mol. The van der Waals surface area contributed by atoms with Gasteiger partial charge in [-0.3, -0.25) is 4.79 Å². The molecule has 100 valence electrons. The van der Waals surface area contributed by atoms with Crippen molar-refractivity contribution in [2.75, 3.05) is 26.3 Å². The molecule has 17 heavy (non-hydrogen) atoms. The molecule has 0 bridgehead atoms. The van der Waals surface area contributed by atoms with E-state index in [1.165, 1.54) is 0 Å². The minimum atomic E-state index is -0.379. The molecule has 4 nitrogen and oxygen atoms in total. The molecule has 0 spiro atoms. The highest BCUT2D eigenvalue weighted by Gasteiger charge is 2.33. The van der Waals surface area contributed by atoms with Crippen molar-refractivity contribution in [3.05, 3.63) is 0 Å². The lowest BCUT2D eigenvalue weighted by Gasteiger charge is -2.30. The Morgan fingerprint density at radius 3 is 2.65 bits per heavy atom. The van der Waals surface area contributed by atoms with E-state index < -0.39 is 0 Å². The summed E-state index contributed by atoms with van der Waals surface area (Å²) < 4.78 is 5.40. The number of carbonyl (C=O) groups is 1.